The number of nitrogens with one attached hydrogen (secondary N) is 1. The van der Waals surface area contributed by atoms with Crippen LogP contribution in [0.5, 0.6) is 0 Å². The van der Waals surface area contributed by atoms with Crippen molar-refractivity contribution in [2.75, 3.05) is 20.3 Å². The zero-order valence-electron chi connectivity index (χ0n) is 13.3. The third-order valence-electron chi connectivity index (χ3n) is 4.76. The molecule has 1 unspecified atom stereocenters. The van der Waals surface area contributed by atoms with Gasteiger partial charge in [-0.3, -0.25) is 9.59 Å². The molecule has 21 heavy (non-hydrogen) atoms. The van der Waals surface area contributed by atoms with Gasteiger partial charge in [0, 0.05) is 20.1 Å². The van der Waals surface area contributed by atoms with Crippen LogP contribution in [0.1, 0.15) is 58.3 Å². The fraction of sp³-hybridized carbons (Fsp3) is 0.875. The second kappa shape index (κ2) is 7.25. The number of rotatable bonds is 5. The molecule has 2 amide bonds. The summed E-state index contributed by atoms with van der Waals surface area (Å²) in [7, 11) is 1.67. The monoisotopic (exact) mass is 296 g/mol. The first-order chi connectivity index (χ1) is 10.1. The van der Waals surface area contributed by atoms with Crippen LogP contribution >= 0.6 is 0 Å². The lowest BCUT2D eigenvalue weighted by Crippen LogP contribution is -2.60. The highest BCUT2D eigenvalue weighted by molar-refractivity contribution is 5.93. The molecule has 5 nitrogen and oxygen atoms in total. The van der Waals surface area contributed by atoms with Gasteiger partial charge in [0.05, 0.1) is 12.6 Å². The quantitative estimate of drug-likeness (QED) is 0.842. The molecule has 1 heterocycles. The molecule has 1 N–H and O–H groups in total. The number of methoxy groups -OCH3 is 1. The van der Waals surface area contributed by atoms with Crippen molar-refractivity contribution in [1.29, 1.82) is 0 Å². The van der Waals surface area contributed by atoms with Gasteiger partial charge in [0.2, 0.25) is 11.8 Å². The highest BCUT2D eigenvalue weighted by Crippen LogP contribution is 2.32. The predicted octanol–water partition coefficient (Wildman–Crippen LogP) is 1.85. The molecule has 1 atom stereocenters. The van der Waals surface area contributed by atoms with Crippen molar-refractivity contribution < 1.29 is 14.3 Å². The van der Waals surface area contributed by atoms with E-state index in [4.69, 9.17) is 4.74 Å². The van der Waals surface area contributed by atoms with Gasteiger partial charge in [-0.05, 0) is 19.3 Å². The van der Waals surface area contributed by atoms with Crippen molar-refractivity contribution in [3.05, 3.63) is 0 Å². The molecule has 1 aliphatic heterocycles. The lowest BCUT2D eigenvalue weighted by atomic mass is 9.80. The van der Waals surface area contributed by atoms with Crippen LogP contribution in [0.3, 0.4) is 0 Å². The lowest BCUT2D eigenvalue weighted by Gasteiger charge is -2.40. The Morgan fingerprint density at radius 3 is 2.62 bits per heavy atom. The Kier molecular flexibility index (Phi) is 5.62. The topological polar surface area (TPSA) is 58.6 Å². The van der Waals surface area contributed by atoms with E-state index in [1.807, 2.05) is 4.90 Å². The van der Waals surface area contributed by atoms with Crippen molar-refractivity contribution in [2.45, 2.75) is 69.9 Å². The van der Waals surface area contributed by atoms with Crippen LogP contribution in [0, 0.1) is 0 Å². The van der Waals surface area contributed by atoms with E-state index in [0.717, 1.165) is 44.9 Å². The van der Waals surface area contributed by atoms with E-state index in [2.05, 4.69) is 12.2 Å². The SMILES string of the molecule is CCCC(COC)N1CCC(=O)NC2(CCCCC2)C1=O. The molecule has 0 radical (unpaired) electrons. The maximum absolute atomic E-state index is 13.1. The van der Waals surface area contributed by atoms with E-state index in [1.54, 1.807) is 7.11 Å². The Labute approximate surface area is 127 Å². The van der Waals surface area contributed by atoms with E-state index in [1.165, 1.54) is 0 Å². The first-order valence-corrected chi connectivity index (χ1v) is 8.24. The van der Waals surface area contributed by atoms with Crippen LogP contribution in [0.15, 0.2) is 0 Å². The Morgan fingerprint density at radius 2 is 2.00 bits per heavy atom. The van der Waals surface area contributed by atoms with Gasteiger partial charge in [-0.15, -0.1) is 0 Å². The van der Waals surface area contributed by atoms with Crippen LogP contribution in [-0.4, -0.2) is 48.6 Å². The molecular weight excluding hydrogens is 268 g/mol. The number of hydrogen-bond donors (Lipinski definition) is 1. The average Bonchev–Trinajstić information content (AvgIpc) is 2.58. The minimum Gasteiger partial charge on any atom is -0.383 e. The average molecular weight is 296 g/mol. The van der Waals surface area contributed by atoms with E-state index in [-0.39, 0.29) is 17.9 Å². The van der Waals surface area contributed by atoms with E-state index in [0.29, 0.717) is 19.6 Å². The summed E-state index contributed by atoms with van der Waals surface area (Å²) < 4.78 is 5.30. The second-order valence-corrected chi connectivity index (χ2v) is 6.34. The maximum Gasteiger partial charge on any atom is 0.248 e. The van der Waals surface area contributed by atoms with Crippen LogP contribution in [0.25, 0.3) is 0 Å². The lowest BCUT2D eigenvalue weighted by molar-refractivity contribution is -0.143. The molecular formula is C16H28N2O3. The van der Waals surface area contributed by atoms with Gasteiger partial charge in [-0.1, -0.05) is 32.6 Å². The summed E-state index contributed by atoms with van der Waals surface area (Å²) in [6.45, 7) is 3.18. The minimum atomic E-state index is -0.647. The number of amides is 2. The molecule has 5 heteroatoms. The third kappa shape index (κ3) is 3.57. The summed E-state index contributed by atoms with van der Waals surface area (Å²) >= 11 is 0. The normalized spacial score (nSPS) is 23.8. The van der Waals surface area contributed by atoms with Crippen LogP contribution in [0.4, 0.5) is 0 Å². The van der Waals surface area contributed by atoms with Crippen molar-refractivity contribution in [2.24, 2.45) is 0 Å². The van der Waals surface area contributed by atoms with Crippen molar-refractivity contribution in [3.8, 4) is 0 Å². The molecule has 2 fully saturated rings. The summed E-state index contributed by atoms with van der Waals surface area (Å²) in [5.74, 6) is 0.129. The molecule has 120 valence electrons. The molecule has 1 saturated carbocycles. The van der Waals surface area contributed by atoms with Gasteiger partial charge >= 0.3 is 0 Å². The van der Waals surface area contributed by atoms with Gasteiger partial charge in [-0.25, -0.2) is 0 Å². The van der Waals surface area contributed by atoms with Crippen LogP contribution in [0.2, 0.25) is 0 Å². The van der Waals surface area contributed by atoms with E-state index >= 15 is 0 Å². The standard InChI is InChI=1S/C16H28N2O3/c1-3-7-13(12-21-2)18-11-8-14(19)17-16(15(18)20)9-5-4-6-10-16/h13H,3-12H2,1-2H3,(H,17,19). The first-order valence-electron chi connectivity index (χ1n) is 8.24. The molecule has 0 aromatic rings. The summed E-state index contributed by atoms with van der Waals surface area (Å²) in [5, 5.41) is 3.04. The number of carbonyl (C=O) groups is 2. The molecule has 1 aliphatic carbocycles. The number of ether oxygens (including phenoxy) is 1. The predicted molar refractivity (Wildman–Crippen MR) is 80.9 cm³/mol. The van der Waals surface area contributed by atoms with Crippen molar-refractivity contribution >= 4 is 11.8 Å². The van der Waals surface area contributed by atoms with Crippen LogP contribution < -0.4 is 5.32 Å². The van der Waals surface area contributed by atoms with Crippen LogP contribution in [-0.2, 0) is 14.3 Å². The second-order valence-electron chi connectivity index (χ2n) is 6.34. The van der Waals surface area contributed by atoms with E-state index in [9.17, 15) is 9.59 Å². The summed E-state index contributed by atoms with van der Waals surface area (Å²) in [5.41, 5.74) is -0.647. The zero-order chi connectivity index (χ0) is 15.3. The van der Waals surface area contributed by atoms with Gasteiger partial charge in [0.15, 0.2) is 0 Å². The maximum atomic E-state index is 13.1. The smallest absolute Gasteiger partial charge is 0.248 e. The Morgan fingerprint density at radius 1 is 1.29 bits per heavy atom. The van der Waals surface area contributed by atoms with E-state index < -0.39 is 5.54 Å². The molecule has 2 aliphatic rings. The Bertz CT molecular complexity index is 372. The Balaban J connectivity index is 2.23. The molecule has 0 bridgehead atoms. The molecule has 0 aromatic carbocycles. The molecule has 1 saturated heterocycles. The third-order valence-corrected chi connectivity index (χ3v) is 4.76. The summed E-state index contributed by atoms with van der Waals surface area (Å²) in [4.78, 5) is 27.1. The largest absolute Gasteiger partial charge is 0.383 e. The molecule has 2 rings (SSSR count). The number of nitrogens with zero attached hydrogens (tertiary/aromatic N) is 1. The summed E-state index contributed by atoms with van der Waals surface area (Å²) in [6, 6.07) is 0.0824. The highest BCUT2D eigenvalue weighted by Gasteiger charge is 2.46. The first kappa shape index (κ1) is 16.3. The minimum absolute atomic E-state index is 0.0143. The van der Waals surface area contributed by atoms with Crippen molar-refractivity contribution in [1.82, 2.24) is 10.2 Å². The summed E-state index contributed by atoms with van der Waals surface area (Å²) in [6.07, 6.45) is 7.07. The van der Waals surface area contributed by atoms with Gasteiger partial charge in [0.25, 0.3) is 0 Å². The molecule has 0 aromatic heterocycles. The Hall–Kier alpha value is -1.10. The number of carbonyl (C=O) groups excluding carboxylic acids is 2. The zero-order valence-corrected chi connectivity index (χ0v) is 13.3. The molecule has 1 spiro atoms. The fourth-order valence-electron chi connectivity index (χ4n) is 3.68. The van der Waals surface area contributed by atoms with Crippen molar-refractivity contribution in [3.63, 3.8) is 0 Å². The van der Waals surface area contributed by atoms with Gasteiger partial charge < -0.3 is 15.0 Å². The fourth-order valence-corrected chi connectivity index (χ4v) is 3.68. The van der Waals surface area contributed by atoms with Gasteiger partial charge in [0.1, 0.15) is 5.54 Å². The number of hydrogen-bond acceptors (Lipinski definition) is 3. The van der Waals surface area contributed by atoms with Gasteiger partial charge in [-0.2, -0.15) is 0 Å². The highest BCUT2D eigenvalue weighted by atomic mass is 16.5.